The number of aromatic nitrogens is 2. The molecule has 2 aliphatic heterocycles. The normalized spacial score (nSPS) is 19.3. The highest BCUT2D eigenvalue weighted by molar-refractivity contribution is 6.31. The van der Waals surface area contributed by atoms with Crippen LogP contribution in [-0.4, -0.2) is 52.9 Å². The van der Waals surface area contributed by atoms with Gasteiger partial charge in [-0.3, -0.25) is 9.59 Å². The molecule has 2 aromatic rings. The Morgan fingerprint density at radius 3 is 2.73 bits per heavy atom. The summed E-state index contributed by atoms with van der Waals surface area (Å²) in [6.07, 6.45) is 10.1. The first-order valence-corrected chi connectivity index (χ1v) is 12.1. The van der Waals surface area contributed by atoms with Gasteiger partial charge < -0.3 is 15.0 Å². The van der Waals surface area contributed by atoms with Crippen LogP contribution in [0.2, 0.25) is 5.02 Å². The minimum Gasteiger partial charge on any atom is -0.493 e. The van der Waals surface area contributed by atoms with Crippen LogP contribution in [0.15, 0.2) is 30.7 Å². The van der Waals surface area contributed by atoms with Gasteiger partial charge in [-0.2, -0.15) is 0 Å². The molecular weight excluding hydrogens is 440 g/mol. The zero-order chi connectivity index (χ0) is 23.3. The lowest BCUT2D eigenvalue weighted by atomic mass is 9.74. The van der Waals surface area contributed by atoms with E-state index in [-0.39, 0.29) is 17.2 Å². The van der Waals surface area contributed by atoms with Gasteiger partial charge in [0.25, 0.3) is 11.8 Å². The van der Waals surface area contributed by atoms with Crippen molar-refractivity contribution in [3.05, 3.63) is 52.6 Å². The fourth-order valence-electron chi connectivity index (χ4n) is 4.78. The SMILES string of the molecule is Cc1ncncc1C(=O)N1CCC2(CCCCCCOc3ccc(Cl)cc3C(=O)NC2)CC1. The van der Waals surface area contributed by atoms with Gasteiger partial charge in [-0.05, 0) is 56.2 Å². The third-order valence-electron chi connectivity index (χ3n) is 6.92. The van der Waals surface area contributed by atoms with Crippen molar-refractivity contribution in [1.82, 2.24) is 20.2 Å². The van der Waals surface area contributed by atoms with Gasteiger partial charge in [0.15, 0.2) is 0 Å². The molecule has 176 valence electrons. The summed E-state index contributed by atoms with van der Waals surface area (Å²) in [5.41, 5.74) is 1.71. The summed E-state index contributed by atoms with van der Waals surface area (Å²) in [6.45, 7) is 4.32. The van der Waals surface area contributed by atoms with Crippen LogP contribution >= 0.6 is 11.6 Å². The van der Waals surface area contributed by atoms with Crippen molar-refractivity contribution in [3.63, 3.8) is 0 Å². The molecule has 1 N–H and O–H groups in total. The Kier molecular flexibility index (Phi) is 7.48. The monoisotopic (exact) mass is 470 g/mol. The maximum Gasteiger partial charge on any atom is 0.257 e. The molecule has 3 heterocycles. The Labute approximate surface area is 199 Å². The second-order valence-electron chi connectivity index (χ2n) is 9.15. The minimum absolute atomic E-state index is 0.0163. The van der Waals surface area contributed by atoms with Crippen LogP contribution in [0, 0.1) is 12.3 Å². The maximum atomic E-state index is 13.1. The van der Waals surface area contributed by atoms with Crippen molar-refractivity contribution in [1.29, 1.82) is 0 Å². The van der Waals surface area contributed by atoms with Crippen molar-refractivity contribution < 1.29 is 14.3 Å². The smallest absolute Gasteiger partial charge is 0.257 e. The number of piperidine rings is 1. The topological polar surface area (TPSA) is 84.4 Å². The van der Waals surface area contributed by atoms with Crippen LogP contribution in [0.1, 0.15) is 71.4 Å². The van der Waals surface area contributed by atoms with E-state index in [4.69, 9.17) is 16.3 Å². The number of hydrogen-bond donors (Lipinski definition) is 1. The van der Waals surface area contributed by atoms with E-state index in [0.29, 0.717) is 53.8 Å². The molecule has 2 amide bonds. The number of nitrogens with one attached hydrogen (secondary N) is 1. The van der Waals surface area contributed by atoms with Crippen LogP contribution in [-0.2, 0) is 0 Å². The van der Waals surface area contributed by atoms with E-state index >= 15 is 0 Å². The molecule has 0 atom stereocenters. The van der Waals surface area contributed by atoms with Gasteiger partial charge in [-0.25, -0.2) is 9.97 Å². The molecule has 8 heteroatoms. The highest BCUT2D eigenvalue weighted by atomic mass is 35.5. The molecule has 1 aromatic heterocycles. The number of rotatable bonds is 1. The van der Waals surface area contributed by atoms with Gasteiger partial charge in [0.2, 0.25) is 0 Å². The number of carbonyl (C=O) groups is 2. The van der Waals surface area contributed by atoms with Crippen LogP contribution < -0.4 is 10.1 Å². The van der Waals surface area contributed by atoms with Crippen LogP contribution in [0.5, 0.6) is 5.75 Å². The fraction of sp³-hybridized carbons (Fsp3) is 0.520. The van der Waals surface area contributed by atoms with Gasteiger partial charge in [-0.15, -0.1) is 0 Å². The highest BCUT2D eigenvalue weighted by Gasteiger charge is 2.36. The van der Waals surface area contributed by atoms with Crippen molar-refractivity contribution >= 4 is 23.4 Å². The second kappa shape index (κ2) is 10.5. The van der Waals surface area contributed by atoms with Crippen LogP contribution in [0.25, 0.3) is 0 Å². The van der Waals surface area contributed by atoms with Crippen molar-refractivity contribution in [3.8, 4) is 5.75 Å². The van der Waals surface area contributed by atoms with Gasteiger partial charge in [0.1, 0.15) is 12.1 Å². The first kappa shape index (κ1) is 23.5. The van der Waals surface area contributed by atoms with Gasteiger partial charge in [-0.1, -0.05) is 30.9 Å². The molecule has 1 aromatic carbocycles. The van der Waals surface area contributed by atoms with E-state index in [0.717, 1.165) is 44.9 Å². The Morgan fingerprint density at radius 1 is 1.15 bits per heavy atom. The number of likely N-dealkylation sites (tertiary alicyclic amines) is 1. The molecule has 1 fully saturated rings. The van der Waals surface area contributed by atoms with E-state index < -0.39 is 0 Å². The summed E-state index contributed by atoms with van der Waals surface area (Å²) in [5, 5.41) is 3.66. The zero-order valence-electron chi connectivity index (χ0n) is 19.1. The minimum atomic E-state index is -0.165. The van der Waals surface area contributed by atoms with Crippen molar-refractivity contribution in [2.45, 2.75) is 51.9 Å². The van der Waals surface area contributed by atoms with Gasteiger partial charge in [0, 0.05) is 30.9 Å². The average Bonchev–Trinajstić information content (AvgIpc) is 2.84. The summed E-state index contributed by atoms with van der Waals surface area (Å²) in [4.78, 5) is 36.1. The predicted molar refractivity (Wildman–Crippen MR) is 127 cm³/mol. The van der Waals surface area contributed by atoms with E-state index in [1.807, 2.05) is 11.8 Å². The molecular formula is C25H31ClN4O3. The molecule has 4 rings (SSSR count). The fourth-order valence-corrected chi connectivity index (χ4v) is 4.95. The molecule has 2 aliphatic rings. The summed E-state index contributed by atoms with van der Waals surface area (Å²) in [6, 6.07) is 5.19. The molecule has 7 nitrogen and oxygen atoms in total. The second-order valence-corrected chi connectivity index (χ2v) is 9.59. The molecule has 0 saturated carbocycles. The molecule has 33 heavy (non-hydrogen) atoms. The predicted octanol–water partition coefficient (Wildman–Crippen LogP) is 4.43. The number of ether oxygens (including phenoxy) is 1. The molecule has 0 unspecified atom stereocenters. The Morgan fingerprint density at radius 2 is 1.94 bits per heavy atom. The lowest BCUT2D eigenvalue weighted by Crippen LogP contribution is -2.48. The number of amides is 2. The number of halogens is 1. The Bertz CT molecular complexity index is 1000. The lowest BCUT2D eigenvalue weighted by molar-refractivity contribution is 0.0534. The third kappa shape index (κ3) is 5.64. The molecule has 1 saturated heterocycles. The quantitative estimate of drug-likeness (QED) is 0.666. The number of nitrogens with zero attached hydrogens (tertiary/aromatic N) is 3. The number of benzene rings is 1. The molecule has 0 aliphatic carbocycles. The molecule has 0 bridgehead atoms. The van der Waals surface area contributed by atoms with E-state index in [1.54, 1.807) is 24.4 Å². The standard InChI is InChI=1S/C25H31ClN4O3/c1-18-21(15-27-17-29-18)24(32)30-11-9-25(10-12-30)8-4-2-3-5-13-33-22-7-6-19(26)14-20(22)23(31)28-16-25/h6-7,14-15,17H,2-5,8-13,16H2,1H3,(H,28,31). The number of carbonyl (C=O) groups excluding carboxylic acids is 2. The first-order valence-electron chi connectivity index (χ1n) is 11.7. The molecule has 1 spiro atoms. The maximum absolute atomic E-state index is 13.1. The highest BCUT2D eigenvalue weighted by Crippen LogP contribution is 2.37. The average molecular weight is 471 g/mol. The van der Waals surface area contributed by atoms with E-state index in [1.165, 1.54) is 6.33 Å². The largest absolute Gasteiger partial charge is 0.493 e. The Hall–Kier alpha value is -2.67. The van der Waals surface area contributed by atoms with Crippen molar-refractivity contribution in [2.75, 3.05) is 26.2 Å². The number of aryl methyl sites for hydroxylation is 1. The zero-order valence-corrected chi connectivity index (χ0v) is 19.9. The van der Waals surface area contributed by atoms with Gasteiger partial charge >= 0.3 is 0 Å². The lowest BCUT2D eigenvalue weighted by Gasteiger charge is -2.42. The van der Waals surface area contributed by atoms with Crippen LogP contribution in [0.3, 0.4) is 0 Å². The van der Waals surface area contributed by atoms with E-state index in [2.05, 4.69) is 15.3 Å². The third-order valence-corrected chi connectivity index (χ3v) is 7.16. The summed E-state index contributed by atoms with van der Waals surface area (Å²) >= 11 is 6.16. The summed E-state index contributed by atoms with van der Waals surface area (Å²) < 4.78 is 5.88. The first-order chi connectivity index (χ1) is 16.0. The number of hydrogen-bond acceptors (Lipinski definition) is 5. The summed E-state index contributed by atoms with van der Waals surface area (Å²) in [5.74, 6) is 0.394. The molecule has 0 radical (unpaired) electrons. The van der Waals surface area contributed by atoms with E-state index in [9.17, 15) is 9.59 Å². The number of fused-ring (bicyclic) bond motifs is 1. The van der Waals surface area contributed by atoms with Crippen LogP contribution in [0.4, 0.5) is 0 Å². The Balaban J connectivity index is 1.47. The van der Waals surface area contributed by atoms with Crippen molar-refractivity contribution in [2.24, 2.45) is 5.41 Å². The summed E-state index contributed by atoms with van der Waals surface area (Å²) in [7, 11) is 0. The van der Waals surface area contributed by atoms with Gasteiger partial charge in [0.05, 0.1) is 23.4 Å².